The maximum Gasteiger partial charge on any atom is 0.333 e. The third kappa shape index (κ3) is 12.6. The Bertz CT molecular complexity index is 1570. The van der Waals surface area contributed by atoms with Gasteiger partial charge in [-0.05, 0) is 135 Å². The normalized spacial score (nSPS) is 19.4. The van der Waals surface area contributed by atoms with Crippen LogP contribution in [0.15, 0.2) is 98.1 Å². The zero-order valence-corrected chi connectivity index (χ0v) is 30.8. The first-order chi connectivity index (χ1) is 26.3. The van der Waals surface area contributed by atoms with E-state index >= 15 is 0 Å². The molecular formula is C44H50O10. The SMILES string of the molecule is C=CC(=O)OCOc1ccc(C2CCC(CCC(=O)Oc3ccccc3OC(=O)CCC3CCC(c4ccc(OCOC(=O)C=C)cc4)CC3)CC2)cc1. The van der Waals surface area contributed by atoms with E-state index in [1.807, 2.05) is 24.3 Å². The van der Waals surface area contributed by atoms with Crippen molar-refractivity contribution in [3.8, 4) is 23.0 Å². The molecule has 54 heavy (non-hydrogen) atoms. The molecular weight excluding hydrogens is 688 g/mol. The Hall–Kier alpha value is -5.38. The molecule has 0 saturated heterocycles. The van der Waals surface area contributed by atoms with E-state index in [9.17, 15) is 19.2 Å². The highest BCUT2D eigenvalue weighted by Crippen LogP contribution is 2.39. The van der Waals surface area contributed by atoms with Crippen LogP contribution in [0.3, 0.4) is 0 Å². The standard InChI is InChI=1S/C44H50O10/c1-3-41(45)51-29-49-37-23-19-35(20-24-37)33-15-9-31(10-16-33)13-27-43(47)53-39-7-5-6-8-40(39)54-44(48)28-14-32-11-17-34(18-12-32)36-21-25-38(26-22-36)50-30-52-42(46)4-2/h3-8,19-26,31-34H,1-2,9-18,27-30H2. The molecule has 10 heteroatoms. The molecule has 0 bridgehead atoms. The van der Waals surface area contributed by atoms with Crippen LogP contribution < -0.4 is 18.9 Å². The van der Waals surface area contributed by atoms with Crippen molar-refractivity contribution in [2.24, 2.45) is 11.8 Å². The van der Waals surface area contributed by atoms with Gasteiger partial charge in [-0.3, -0.25) is 9.59 Å². The van der Waals surface area contributed by atoms with Gasteiger partial charge < -0.3 is 28.4 Å². The molecule has 2 saturated carbocycles. The summed E-state index contributed by atoms with van der Waals surface area (Å²) < 4.78 is 32.0. The summed E-state index contributed by atoms with van der Waals surface area (Å²) in [5.74, 6) is 1.87. The molecule has 0 N–H and O–H groups in total. The number of para-hydroxylation sites is 2. The van der Waals surface area contributed by atoms with Gasteiger partial charge in [0, 0.05) is 25.0 Å². The molecule has 10 nitrogen and oxygen atoms in total. The van der Waals surface area contributed by atoms with Crippen LogP contribution in [0.25, 0.3) is 0 Å². The van der Waals surface area contributed by atoms with Crippen LogP contribution in [-0.4, -0.2) is 37.5 Å². The van der Waals surface area contributed by atoms with Gasteiger partial charge in [0.1, 0.15) is 11.5 Å². The molecule has 0 atom stereocenters. The van der Waals surface area contributed by atoms with Gasteiger partial charge in [-0.25, -0.2) is 9.59 Å². The summed E-state index contributed by atoms with van der Waals surface area (Å²) in [4.78, 5) is 48.0. The molecule has 5 rings (SSSR count). The van der Waals surface area contributed by atoms with Gasteiger partial charge in [0.05, 0.1) is 0 Å². The fourth-order valence-electron chi connectivity index (χ4n) is 7.28. The topological polar surface area (TPSA) is 124 Å². The summed E-state index contributed by atoms with van der Waals surface area (Å²) in [5.41, 5.74) is 2.50. The Labute approximate surface area is 317 Å². The molecule has 0 unspecified atom stereocenters. The van der Waals surface area contributed by atoms with E-state index in [1.165, 1.54) is 11.1 Å². The average Bonchev–Trinajstić information content (AvgIpc) is 3.21. The Morgan fingerprint density at radius 3 is 1.26 bits per heavy atom. The van der Waals surface area contributed by atoms with Crippen molar-refractivity contribution in [3.05, 3.63) is 109 Å². The molecule has 286 valence electrons. The summed E-state index contributed by atoms with van der Waals surface area (Å²) in [6.07, 6.45) is 12.6. The second-order valence-electron chi connectivity index (χ2n) is 13.9. The van der Waals surface area contributed by atoms with E-state index in [4.69, 9.17) is 28.4 Å². The number of carbonyl (C=O) groups is 4. The second-order valence-corrected chi connectivity index (χ2v) is 13.9. The molecule has 2 fully saturated rings. The van der Waals surface area contributed by atoms with Gasteiger partial charge in [0.15, 0.2) is 11.5 Å². The summed E-state index contributed by atoms with van der Waals surface area (Å²) in [6.45, 7) is 6.40. The Morgan fingerprint density at radius 2 is 0.907 bits per heavy atom. The van der Waals surface area contributed by atoms with Crippen LogP contribution in [0.5, 0.6) is 23.0 Å². The zero-order valence-electron chi connectivity index (χ0n) is 30.8. The lowest BCUT2D eigenvalue weighted by Gasteiger charge is -2.28. The predicted molar refractivity (Wildman–Crippen MR) is 202 cm³/mol. The zero-order chi connectivity index (χ0) is 38.1. The van der Waals surface area contributed by atoms with E-state index < -0.39 is 11.9 Å². The number of ether oxygens (including phenoxy) is 6. The maximum atomic E-state index is 12.9. The highest BCUT2D eigenvalue weighted by atomic mass is 16.7. The summed E-state index contributed by atoms with van der Waals surface area (Å²) in [6, 6.07) is 22.6. The highest BCUT2D eigenvalue weighted by molar-refractivity contribution is 5.81. The maximum absolute atomic E-state index is 12.9. The lowest BCUT2D eigenvalue weighted by atomic mass is 9.77. The minimum absolute atomic E-state index is 0.158. The first-order valence-corrected chi connectivity index (χ1v) is 18.8. The van der Waals surface area contributed by atoms with Crippen LogP contribution in [0.2, 0.25) is 0 Å². The van der Waals surface area contributed by atoms with Crippen molar-refractivity contribution in [2.75, 3.05) is 13.6 Å². The van der Waals surface area contributed by atoms with E-state index in [2.05, 4.69) is 37.4 Å². The van der Waals surface area contributed by atoms with Crippen molar-refractivity contribution in [1.82, 2.24) is 0 Å². The van der Waals surface area contributed by atoms with Crippen molar-refractivity contribution in [2.45, 2.75) is 88.9 Å². The predicted octanol–water partition coefficient (Wildman–Crippen LogP) is 9.14. The number of esters is 4. The third-order valence-electron chi connectivity index (χ3n) is 10.4. The van der Waals surface area contributed by atoms with Crippen molar-refractivity contribution >= 4 is 23.9 Å². The average molecular weight is 739 g/mol. The summed E-state index contributed by atoms with van der Waals surface area (Å²) >= 11 is 0. The van der Waals surface area contributed by atoms with Crippen molar-refractivity contribution in [3.63, 3.8) is 0 Å². The lowest BCUT2D eigenvalue weighted by molar-refractivity contribution is -0.145. The Morgan fingerprint density at radius 1 is 0.537 bits per heavy atom. The van der Waals surface area contributed by atoms with Gasteiger partial charge in [-0.15, -0.1) is 0 Å². The molecule has 0 radical (unpaired) electrons. The van der Waals surface area contributed by atoms with Gasteiger partial charge in [0.2, 0.25) is 13.6 Å². The van der Waals surface area contributed by atoms with E-state index in [-0.39, 0.29) is 37.0 Å². The Kier molecular flexibility index (Phi) is 15.3. The first kappa shape index (κ1) is 39.8. The van der Waals surface area contributed by atoms with Crippen molar-refractivity contribution in [1.29, 1.82) is 0 Å². The highest BCUT2D eigenvalue weighted by Gasteiger charge is 2.25. The Balaban J connectivity index is 0.969. The molecule has 3 aromatic rings. The fourth-order valence-corrected chi connectivity index (χ4v) is 7.28. The monoisotopic (exact) mass is 738 g/mol. The number of hydrogen-bond acceptors (Lipinski definition) is 10. The van der Waals surface area contributed by atoms with Crippen LogP contribution >= 0.6 is 0 Å². The number of rotatable bonds is 18. The minimum atomic E-state index is -0.527. The summed E-state index contributed by atoms with van der Waals surface area (Å²) in [7, 11) is 0. The smallest absolute Gasteiger partial charge is 0.333 e. The van der Waals surface area contributed by atoms with Gasteiger partial charge >= 0.3 is 23.9 Å². The molecule has 0 amide bonds. The first-order valence-electron chi connectivity index (χ1n) is 18.8. The van der Waals surface area contributed by atoms with E-state index in [0.717, 1.165) is 76.4 Å². The van der Waals surface area contributed by atoms with Crippen LogP contribution in [0.1, 0.15) is 100 Å². The largest absolute Gasteiger partial charge is 0.457 e. The van der Waals surface area contributed by atoms with Crippen LogP contribution in [0, 0.1) is 11.8 Å². The number of hydrogen-bond donors (Lipinski definition) is 0. The van der Waals surface area contributed by atoms with Crippen LogP contribution in [-0.2, 0) is 28.7 Å². The fraction of sp³-hybridized carbons (Fsp3) is 0.409. The number of carbonyl (C=O) groups excluding carboxylic acids is 4. The van der Waals surface area contributed by atoms with E-state index in [0.29, 0.717) is 48.0 Å². The van der Waals surface area contributed by atoms with Crippen LogP contribution in [0.4, 0.5) is 0 Å². The van der Waals surface area contributed by atoms with Gasteiger partial charge in [-0.1, -0.05) is 49.6 Å². The van der Waals surface area contributed by atoms with E-state index in [1.54, 1.807) is 24.3 Å². The third-order valence-corrected chi connectivity index (χ3v) is 10.4. The molecule has 0 aliphatic heterocycles. The van der Waals surface area contributed by atoms with Crippen molar-refractivity contribution < 1.29 is 47.6 Å². The molecule has 0 spiro atoms. The summed E-state index contributed by atoms with van der Waals surface area (Å²) in [5, 5.41) is 0. The van der Waals surface area contributed by atoms with Gasteiger partial charge in [-0.2, -0.15) is 0 Å². The molecule has 0 heterocycles. The molecule has 3 aromatic carbocycles. The number of benzene rings is 3. The second kappa shape index (κ2) is 20.8. The lowest BCUT2D eigenvalue weighted by Crippen LogP contribution is -2.17. The quantitative estimate of drug-likeness (QED) is 0.0540. The molecule has 2 aliphatic rings. The minimum Gasteiger partial charge on any atom is -0.457 e. The molecule has 0 aromatic heterocycles. The van der Waals surface area contributed by atoms with Gasteiger partial charge in [0.25, 0.3) is 0 Å². The molecule has 2 aliphatic carbocycles.